The zero-order valence-corrected chi connectivity index (χ0v) is 8.62. The van der Waals surface area contributed by atoms with Crippen LogP contribution in [0.4, 0.5) is 0 Å². The second-order valence-corrected chi connectivity index (χ2v) is 4.47. The fourth-order valence-electron chi connectivity index (χ4n) is 1.06. The maximum Gasteiger partial charge on any atom is 0.304 e. The number of carboxylic acids is 1. The van der Waals surface area contributed by atoms with Crippen LogP contribution in [0, 0.1) is 0 Å². The first-order valence-electron chi connectivity index (χ1n) is 4.26. The average molecular weight is 212 g/mol. The summed E-state index contributed by atoms with van der Waals surface area (Å²) in [5.41, 5.74) is 0. The summed E-state index contributed by atoms with van der Waals surface area (Å²) in [5, 5.41) is 17.9. The molecule has 3 nitrogen and oxygen atoms in total. The molecule has 1 unspecified atom stereocenters. The quantitative estimate of drug-likeness (QED) is 0.752. The van der Waals surface area contributed by atoms with E-state index in [0.29, 0.717) is 0 Å². The molecule has 1 rings (SSSR count). The highest BCUT2D eigenvalue weighted by Gasteiger charge is 2.10. The largest absolute Gasteiger partial charge is 0.507 e. The Balaban J connectivity index is 2.60. The molecule has 0 saturated heterocycles. The molecule has 0 saturated carbocycles. The fraction of sp³-hybridized carbons (Fsp3) is 0.300. The van der Waals surface area contributed by atoms with E-state index in [-0.39, 0.29) is 17.4 Å². The van der Waals surface area contributed by atoms with Crippen molar-refractivity contribution >= 4 is 17.7 Å². The number of hydrogen-bond acceptors (Lipinski definition) is 3. The number of para-hydroxylation sites is 1. The molecule has 0 radical (unpaired) electrons. The molecule has 1 atom stereocenters. The summed E-state index contributed by atoms with van der Waals surface area (Å²) in [6.45, 7) is 1.82. The summed E-state index contributed by atoms with van der Waals surface area (Å²) in [6.07, 6.45) is 0.0962. The Morgan fingerprint density at radius 1 is 1.50 bits per heavy atom. The van der Waals surface area contributed by atoms with Crippen molar-refractivity contribution in [3.8, 4) is 5.75 Å². The summed E-state index contributed by atoms with van der Waals surface area (Å²) in [7, 11) is 0. The second kappa shape index (κ2) is 4.91. The van der Waals surface area contributed by atoms with Crippen LogP contribution in [0.25, 0.3) is 0 Å². The lowest BCUT2D eigenvalue weighted by Crippen LogP contribution is -2.05. The maximum atomic E-state index is 10.4. The number of carboxylic acid groups (broad SMARTS) is 1. The first kappa shape index (κ1) is 10.9. The molecule has 1 aromatic rings. The summed E-state index contributed by atoms with van der Waals surface area (Å²) < 4.78 is 0. The molecule has 0 aromatic heterocycles. The van der Waals surface area contributed by atoms with Crippen LogP contribution in [0.15, 0.2) is 29.2 Å². The topological polar surface area (TPSA) is 57.5 Å². The number of benzene rings is 1. The van der Waals surface area contributed by atoms with E-state index in [2.05, 4.69) is 0 Å². The number of carbonyl (C=O) groups is 1. The molecule has 0 aliphatic rings. The van der Waals surface area contributed by atoms with E-state index in [1.165, 1.54) is 11.8 Å². The van der Waals surface area contributed by atoms with Gasteiger partial charge in [-0.05, 0) is 12.1 Å². The first-order valence-corrected chi connectivity index (χ1v) is 5.14. The Bertz CT molecular complexity index is 325. The van der Waals surface area contributed by atoms with Crippen LogP contribution in [-0.4, -0.2) is 21.4 Å². The molecule has 0 fully saturated rings. The Kier molecular flexibility index (Phi) is 3.83. The lowest BCUT2D eigenvalue weighted by atomic mass is 10.3. The van der Waals surface area contributed by atoms with Crippen LogP contribution in [0.5, 0.6) is 5.75 Å². The van der Waals surface area contributed by atoms with Crippen molar-refractivity contribution < 1.29 is 15.0 Å². The van der Waals surface area contributed by atoms with Crippen molar-refractivity contribution in [3.63, 3.8) is 0 Å². The van der Waals surface area contributed by atoms with Crippen molar-refractivity contribution in [2.75, 3.05) is 0 Å². The lowest BCUT2D eigenvalue weighted by molar-refractivity contribution is -0.136. The number of aromatic hydroxyl groups is 1. The third-order valence-electron chi connectivity index (χ3n) is 1.66. The second-order valence-electron chi connectivity index (χ2n) is 2.99. The summed E-state index contributed by atoms with van der Waals surface area (Å²) in [5.74, 6) is -0.616. The molecular formula is C10H12O3S. The van der Waals surface area contributed by atoms with Gasteiger partial charge in [0.15, 0.2) is 0 Å². The van der Waals surface area contributed by atoms with Gasteiger partial charge in [0.05, 0.1) is 6.42 Å². The molecule has 0 bridgehead atoms. The van der Waals surface area contributed by atoms with Crippen molar-refractivity contribution in [1.29, 1.82) is 0 Å². The maximum absolute atomic E-state index is 10.4. The van der Waals surface area contributed by atoms with Gasteiger partial charge in [-0.15, -0.1) is 11.8 Å². The monoisotopic (exact) mass is 212 g/mol. The average Bonchev–Trinajstić information content (AvgIpc) is 2.07. The zero-order valence-electron chi connectivity index (χ0n) is 7.80. The number of hydrogen-bond donors (Lipinski definition) is 2. The molecule has 76 valence electrons. The van der Waals surface area contributed by atoms with Crippen molar-refractivity contribution in [2.24, 2.45) is 0 Å². The summed E-state index contributed by atoms with van der Waals surface area (Å²) in [6, 6.07) is 6.92. The van der Waals surface area contributed by atoms with Crippen LogP contribution in [0.1, 0.15) is 13.3 Å². The highest BCUT2D eigenvalue weighted by atomic mass is 32.2. The van der Waals surface area contributed by atoms with Gasteiger partial charge < -0.3 is 10.2 Å². The number of rotatable bonds is 4. The fourth-order valence-corrected chi connectivity index (χ4v) is 2.07. The molecule has 2 N–H and O–H groups in total. The smallest absolute Gasteiger partial charge is 0.304 e. The van der Waals surface area contributed by atoms with E-state index >= 15 is 0 Å². The SMILES string of the molecule is CC(CC(=O)O)Sc1ccccc1O. The number of phenols is 1. The van der Waals surface area contributed by atoms with E-state index in [0.717, 1.165) is 4.90 Å². The molecule has 0 aliphatic heterocycles. The van der Waals surface area contributed by atoms with Crippen molar-refractivity contribution in [1.82, 2.24) is 0 Å². The summed E-state index contributed by atoms with van der Waals surface area (Å²) in [4.78, 5) is 11.1. The number of aliphatic carboxylic acids is 1. The Hall–Kier alpha value is -1.16. The van der Waals surface area contributed by atoms with Crippen molar-refractivity contribution in [3.05, 3.63) is 24.3 Å². The summed E-state index contributed by atoms with van der Waals surface area (Å²) >= 11 is 1.37. The Labute approximate surface area is 86.8 Å². The third kappa shape index (κ3) is 3.30. The minimum Gasteiger partial charge on any atom is -0.507 e. The van der Waals surface area contributed by atoms with E-state index in [9.17, 15) is 9.90 Å². The highest BCUT2D eigenvalue weighted by Crippen LogP contribution is 2.31. The van der Waals surface area contributed by atoms with Gasteiger partial charge in [0.1, 0.15) is 5.75 Å². The Morgan fingerprint density at radius 2 is 2.14 bits per heavy atom. The van der Waals surface area contributed by atoms with Crippen LogP contribution in [0.3, 0.4) is 0 Å². The predicted octanol–water partition coefficient (Wildman–Crippen LogP) is 2.35. The lowest BCUT2D eigenvalue weighted by Gasteiger charge is -2.09. The normalized spacial score (nSPS) is 12.4. The molecule has 0 spiro atoms. The van der Waals surface area contributed by atoms with E-state index < -0.39 is 5.97 Å². The molecule has 14 heavy (non-hydrogen) atoms. The van der Waals surface area contributed by atoms with Gasteiger partial charge in [-0.1, -0.05) is 19.1 Å². The molecule has 0 heterocycles. The van der Waals surface area contributed by atoms with Gasteiger partial charge in [-0.2, -0.15) is 0 Å². The molecular weight excluding hydrogens is 200 g/mol. The van der Waals surface area contributed by atoms with E-state index in [4.69, 9.17) is 5.11 Å². The van der Waals surface area contributed by atoms with Crippen molar-refractivity contribution in [2.45, 2.75) is 23.5 Å². The first-order chi connectivity index (χ1) is 6.59. The van der Waals surface area contributed by atoms with Gasteiger partial charge in [-0.25, -0.2) is 0 Å². The molecule has 1 aromatic carbocycles. The number of thioether (sulfide) groups is 1. The van der Waals surface area contributed by atoms with Gasteiger partial charge in [0.25, 0.3) is 0 Å². The number of phenolic OH excluding ortho intramolecular Hbond substituents is 1. The van der Waals surface area contributed by atoms with Crippen LogP contribution in [-0.2, 0) is 4.79 Å². The van der Waals surface area contributed by atoms with Gasteiger partial charge in [0.2, 0.25) is 0 Å². The van der Waals surface area contributed by atoms with E-state index in [1.54, 1.807) is 18.2 Å². The standard InChI is InChI=1S/C10H12O3S/c1-7(6-10(12)13)14-9-5-3-2-4-8(9)11/h2-5,7,11H,6H2,1H3,(H,12,13). The molecule has 0 amide bonds. The molecule has 0 aliphatic carbocycles. The third-order valence-corrected chi connectivity index (χ3v) is 2.82. The van der Waals surface area contributed by atoms with E-state index in [1.807, 2.05) is 13.0 Å². The van der Waals surface area contributed by atoms with Crippen LogP contribution < -0.4 is 0 Å². The van der Waals surface area contributed by atoms with Crippen LogP contribution >= 0.6 is 11.8 Å². The Morgan fingerprint density at radius 3 is 2.71 bits per heavy atom. The van der Waals surface area contributed by atoms with Gasteiger partial charge in [-0.3, -0.25) is 4.79 Å². The van der Waals surface area contributed by atoms with Gasteiger partial charge in [0, 0.05) is 10.1 Å². The predicted molar refractivity (Wildman–Crippen MR) is 55.7 cm³/mol. The molecule has 4 heteroatoms. The highest BCUT2D eigenvalue weighted by molar-refractivity contribution is 8.00. The van der Waals surface area contributed by atoms with Gasteiger partial charge >= 0.3 is 5.97 Å². The van der Waals surface area contributed by atoms with Crippen LogP contribution in [0.2, 0.25) is 0 Å². The minimum atomic E-state index is -0.819. The zero-order chi connectivity index (χ0) is 10.6. The minimum absolute atomic E-state index is 0.0409.